The number of hydrogen-bond acceptors (Lipinski definition) is 8. The number of nitrogens with one attached hydrogen (secondary N) is 1. The predicted octanol–water partition coefficient (Wildman–Crippen LogP) is 3.46. The first-order chi connectivity index (χ1) is 14.0. The normalized spacial score (nSPS) is 10.6. The van der Waals surface area contributed by atoms with Gasteiger partial charge in [-0.25, -0.2) is 0 Å². The lowest BCUT2D eigenvalue weighted by Crippen LogP contribution is -2.15. The largest absolute Gasteiger partial charge is 0.494 e. The summed E-state index contributed by atoms with van der Waals surface area (Å²) in [7, 11) is 0. The van der Waals surface area contributed by atoms with Crippen molar-refractivity contribution in [1.82, 2.24) is 20.2 Å². The summed E-state index contributed by atoms with van der Waals surface area (Å²) in [6.07, 6.45) is 0. The van der Waals surface area contributed by atoms with Crippen LogP contribution < -0.4 is 10.1 Å². The highest BCUT2D eigenvalue weighted by molar-refractivity contribution is 9.10. The first kappa shape index (κ1) is 20.7. The summed E-state index contributed by atoms with van der Waals surface area (Å²) in [6, 6.07) is 11.6. The number of carbonyl (C=O) groups excluding carboxylic acids is 1. The van der Waals surface area contributed by atoms with Crippen molar-refractivity contribution in [3.63, 3.8) is 0 Å². The highest BCUT2D eigenvalue weighted by Gasteiger charge is 2.18. The molecule has 0 aliphatic heterocycles. The van der Waals surface area contributed by atoms with E-state index < -0.39 is 10.8 Å². The van der Waals surface area contributed by atoms with Crippen molar-refractivity contribution < 1.29 is 14.5 Å². The van der Waals surface area contributed by atoms with Gasteiger partial charge in [0.2, 0.25) is 11.1 Å². The molecular weight excluding hydrogens is 464 g/mol. The molecule has 0 atom stereocenters. The van der Waals surface area contributed by atoms with Gasteiger partial charge in [-0.05, 0) is 53.7 Å². The number of tetrazole rings is 1. The summed E-state index contributed by atoms with van der Waals surface area (Å²) < 4.78 is 7.69. The van der Waals surface area contributed by atoms with Crippen molar-refractivity contribution in [1.29, 1.82) is 0 Å². The fraction of sp³-hybridized carbons (Fsp3) is 0.176. The second-order valence-corrected chi connectivity index (χ2v) is 7.41. The summed E-state index contributed by atoms with van der Waals surface area (Å²) in [6.45, 7) is 2.16. The lowest BCUT2D eigenvalue weighted by molar-refractivity contribution is -0.384. The van der Waals surface area contributed by atoms with Crippen molar-refractivity contribution in [2.75, 3.05) is 17.7 Å². The number of halogens is 1. The minimum absolute atomic E-state index is 0.0265. The van der Waals surface area contributed by atoms with Gasteiger partial charge in [0.1, 0.15) is 11.4 Å². The van der Waals surface area contributed by atoms with E-state index >= 15 is 0 Å². The number of ether oxygens (including phenoxy) is 1. The highest BCUT2D eigenvalue weighted by atomic mass is 79.9. The zero-order valence-electron chi connectivity index (χ0n) is 15.1. The van der Waals surface area contributed by atoms with Gasteiger partial charge in [0, 0.05) is 4.47 Å². The molecule has 2 aromatic carbocycles. The number of aromatic nitrogens is 4. The van der Waals surface area contributed by atoms with Crippen LogP contribution in [0.4, 0.5) is 11.4 Å². The van der Waals surface area contributed by atoms with Crippen molar-refractivity contribution in [3.05, 3.63) is 57.1 Å². The number of nitro benzene ring substituents is 1. The molecule has 3 aromatic rings. The maximum Gasteiger partial charge on any atom is 0.296 e. The zero-order valence-corrected chi connectivity index (χ0v) is 17.5. The minimum Gasteiger partial charge on any atom is -0.494 e. The molecule has 3 rings (SSSR count). The Kier molecular flexibility index (Phi) is 6.77. The first-order valence-electron chi connectivity index (χ1n) is 8.36. The highest BCUT2D eigenvalue weighted by Crippen LogP contribution is 2.29. The molecule has 10 nitrogen and oxygen atoms in total. The Morgan fingerprint density at radius 2 is 2.07 bits per heavy atom. The molecule has 1 heterocycles. The summed E-state index contributed by atoms with van der Waals surface area (Å²) in [5.74, 6) is -0.0887. The van der Waals surface area contributed by atoms with E-state index in [4.69, 9.17) is 4.74 Å². The molecule has 1 amide bonds. The Morgan fingerprint density at radius 1 is 1.31 bits per heavy atom. The Morgan fingerprint density at radius 3 is 2.76 bits per heavy atom. The number of amides is 1. The number of anilines is 1. The number of carbonyl (C=O) groups is 1. The van der Waals surface area contributed by atoms with Gasteiger partial charge < -0.3 is 10.1 Å². The van der Waals surface area contributed by atoms with Gasteiger partial charge >= 0.3 is 0 Å². The fourth-order valence-corrected chi connectivity index (χ4v) is 3.31. The minimum atomic E-state index is -0.570. The van der Waals surface area contributed by atoms with Crippen LogP contribution in [0.15, 0.2) is 52.1 Å². The van der Waals surface area contributed by atoms with E-state index in [2.05, 4.69) is 36.8 Å². The van der Waals surface area contributed by atoms with Gasteiger partial charge in [0.25, 0.3) is 5.69 Å². The standard InChI is InChI=1S/C17H15BrN6O4S/c1-2-28-13-7-8-14(15(9-13)24(26)27)19-16(25)10-29-17-20-21-22-23(17)12-5-3-11(18)4-6-12/h3-9H,2,10H2,1H3,(H,19,25). The topological polar surface area (TPSA) is 125 Å². The van der Waals surface area contributed by atoms with E-state index in [1.54, 1.807) is 13.0 Å². The van der Waals surface area contributed by atoms with E-state index in [1.165, 1.54) is 16.8 Å². The number of benzene rings is 2. The van der Waals surface area contributed by atoms with Crippen LogP contribution in [0.2, 0.25) is 0 Å². The van der Waals surface area contributed by atoms with Gasteiger partial charge in [0.15, 0.2) is 0 Å². The molecule has 0 saturated heterocycles. The molecule has 0 spiro atoms. The lowest BCUT2D eigenvalue weighted by Gasteiger charge is -2.08. The predicted molar refractivity (Wildman–Crippen MR) is 110 cm³/mol. The summed E-state index contributed by atoms with van der Waals surface area (Å²) in [4.78, 5) is 23.0. The van der Waals surface area contributed by atoms with Crippen LogP contribution in [-0.4, -0.2) is 43.4 Å². The smallest absolute Gasteiger partial charge is 0.296 e. The molecule has 12 heteroatoms. The third kappa shape index (κ3) is 5.29. The molecule has 0 fully saturated rings. The average molecular weight is 479 g/mol. The third-order valence-corrected chi connectivity index (χ3v) is 5.04. The van der Waals surface area contributed by atoms with E-state index in [0.29, 0.717) is 17.5 Å². The third-order valence-electron chi connectivity index (χ3n) is 3.60. The first-order valence-corrected chi connectivity index (χ1v) is 10.1. The van der Waals surface area contributed by atoms with Crippen LogP contribution >= 0.6 is 27.7 Å². The Bertz CT molecular complexity index is 1030. The van der Waals surface area contributed by atoms with E-state index in [9.17, 15) is 14.9 Å². The molecule has 0 unspecified atom stereocenters. The molecule has 29 heavy (non-hydrogen) atoms. The van der Waals surface area contributed by atoms with Crippen LogP contribution in [-0.2, 0) is 4.79 Å². The quantitative estimate of drug-likeness (QED) is 0.296. The maximum absolute atomic E-state index is 12.3. The SMILES string of the molecule is CCOc1ccc(NC(=O)CSc2nnnn2-c2ccc(Br)cc2)c([N+](=O)[O-])c1. The van der Waals surface area contributed by atoms with E-state index in [-0.39, 0.29) is 17.1 Å². The van der Waals surface area contributed by atoms with E-state index in [0.717, 1.165) is 21.9 Å². The molecule has 0 bridgehead atoms. The number of nitrogens with zero attached hydrogens (tertiary/aromatic N) is 5. The lowest BCUT2D eigenvalue weighted by atomic mass is 10.2. The molecule has 1 aromatic heterocycles. The van der Waals surface area contributed by atoms with Crippen LogP contribution in [0.1, 0.15) is 6.92 Å². The van der Waals surface area contributed by atoms with Gasteiger partial charge in [-0.1, -0.05) is 27.7 Å². The van der Waals surface area contributed by atoms with Gasteiger partial charge in [-0.2, -0.15) is 4.68 Å². The fourth-order valence-electron chi connectivity index (χ4n) is 2.35. The Labute approximate surface area is 177 Å². The molecule has 0 radical (unpaired) electrons. The molecule has 0 saturated carbocycles. The monoisotopic (exact) mass is 478 g/mol. The Balaban J connectivity index is 1.68. The van der Waals surface area contributed by atoms with Crippen LogP contribution in [0, 0.1) is 10.1 Å². The molecular formula is C17H15BrN6O4S. The summed E-state index contributed by atoms with van der Waals surface area (Å²) >= 11 is 4.48. The maximum atomic E-state index is 12.3. The van der Waals surface area contributed by atoms with Crippen LogP contribution in [0.25, 0.3) is 5.69 Å². The molecule has 150 valence electrons. The van der Waals surface area contributed by atoms with E-state index in [1.807, 2.05) is 24.3 Å². The number of thioether (sulfide) groups is 1. The van der Waals surface area contributed by atoms with Crippen LogP contribution in [0.5, 0.6) is 5.75 Å². The summed E-state index contributed by atoms with van der Waals surface area (Å²) in [5, 5.41) is 25.7. The van der Waals surface area contributed by atoms with Gasteiger partial charge in [-0.3, -0.25) is 14.9 Å². The summed E-state index contributed by atoms with van der Waals surface area (Å²) in [5.41, 5.74) is 0.591. The van der Waals surface area contributed by atoms with Crippen molar-refractivity contribution in [3.8, 4) is 11.4 Å². The molecule has 0 aliphatic rings. The van der Waals surface area contributed by atoms with Crippen molar-refractivity contribution in [2.24, 2.45) is 0 Å². The van der Waals surface area contributed by atoms with Gasteiger partial charge in [0.05, 0.1) is 29.0 Å². The average Bonchev–Trinajstić information content (AvgIpc) is 3.17. The second-order valence-electron chi connectivity index (χ2n) is 5.56. The number of nitro groups is 1. The number of hydrogen-bond donors (Lipinski definition) is 1. The van der Waals surface area contributed by atoms with Gasteiger partial charge in [-0.15, -0.1) is 5.10 Å². The molecule has 1 N–H and O–H groups in total. The molecule has 0 aliphatic carbocycles. The second kappa shape index (κ2) is 9.47. The van der Waals surface area contributed by atoms with Crippen molar-refractivity contribution >= 4 is 45.0 Å². The van der Waals surface area contributed by atoms with Crippen LogP contribution in [0.3, 0.4) is 0 Å². The Hall–Kier alpha value is -2.99. The number of rotatable bonds is 8. The zero-order chi connectivity index (χ0) is 20.8. The van der Waals surface area contributed by atoms with Crippen molar-refractivity contribution in [2.45, 2.75) is 12.1 Å².